The molecule has 0 radical (unpaired) electrons. The first kappa shape index (κ1) is 17.1. The van der Waals surface area contributed by atoms with Crippen LogP contribution in [-0.2, 0) is 0 Å². The Labute approximate surface area is 156 Å². The minimum absolute atomic E-state index is 0.153. The third-order valence-electron chi connectivity index (χ3n) is 4.80. The van der Waals surface area contributed by atoms with E-state index in [0.29, 0.717) is 22.8 Å². The summed E-state index contributed by atoms with van der Waals surface area (Å²) in [7, 11) is 3.20. The van der Waals surface area contributed by atoms with Crippen LogP contribution in [0.1, 0.15) is 11.1 Å². The molecule has 0 atom stereocenters. The summed E-state index contributed by atoms with van der Waals surface area (Å²) in [5.41, 5.74) is 4.73. The molecule has 0 saturated heterocycles. The number of benzene rings is 2. The first-order chi connectivity index (χ1) is 13.0. The van der Waals surface area contributed by atoms with E-state index in [4.69, 9.17) is 14.5 Å². The molecular formula is C22H20N2O3. The van der Waals surface area contributed by atoms with Gasteiger partial charge in [0.15, 0.2) is 11.5 Å². The molecule has 4 rings (SSSR count). The Morgan fingerprint density at radius 3 is 2.41 bits per heavy atom. The lowest BCUT2D eigenvalue weighted by molar-refractivity contribution is 0.356. The highest BCUT2D eigenvalue weighted by atomic mass is 16.5. The highest BCUT2D eigenvalue weighted by molar-refractivity contribution is 5.89. The van der Waals surface area contributed by atoms with Crippen LogP contribution in [-0.4, -0.2) is 24.2 Å². The van der Waals surface area contributed by atoms with E-state index in [2.05, 4.69) is 4.98 Å². The molecule has 2 aromatic carbocycles. The van der Waals surface area contributed by atoms with E-state index in [1.54, 1.807) is 14.2 Å². The number of methoxy groups -OCH3 is 2. The van der Waals surface area contributed by atoms with Crippen LogP contribution in [0.25, 0.3) is 33.1 Å². The van der Waals surface area contributed by atoms with Crippen molar-refractivity contribution in [1.82, 2.24) is 9.97 Å². The fourth-order valence-corrected chi connectivity index (χ4v) is 3.36. The molecule has 5 nitrogen and oxygen atoms in total. The van der Waals surface area contributed by atoms with E-state index in [1.165, 1.54) is 0 Å². The number of nitrogens with zero attached hydrogens (tertiary/aromatic N) is 1. The van der Waals surface area contributed by atoms with Crippen molar-refractivity contribution in [1.29, 1.82) is 0 Å². The van der Waals surface area contributed by atoms with Crippen LogP contribution in [0, 0.1) is 13.8 Å². The molecule has 0 aliphatic carbocycles. The molecule has 0 bridgehead atoms. The lowest BCUT2D eigenvalue weighted by Gasteiger charge is -2.12. The Bertz CT molecular complexity index is 1240. The zero-order chi connectivity index (χ0) is 19.1. The van der Waals surface area contributed by atoms with E-state index in [1.807, 2.05) is 56.3 Å². The Morgan fingerprint density at radius 1 is 0.926 bits per heavy atom. The van der Waals surface area contributed by atoms with E-state index in [-0.39, 0.29) is 5.56 Å². The summed E-state index contributed by atoms with van der Waals surface area (Å²) < 4.78 is 10.8. The van der Waals surface area contributed by atoms with Crippen molar-refractivity contribution in [3.05, 3.63) is 63.9 Å². The number of H-pyrrole nitrogens is 1. The molecule has 0 aliphatic heterocycles. The van der Waals surface area contributed by atoms with Gasteiger partial charge in [0.2, 0.25) is 0 Å². The van der Waals surface area contributed by atoms with Crippen LogP contribution in [0.5, 0.6) is 11.5 Å². The third kappa shape index (κ3) is 2.91. The first-order valence-electron chi connectivity index (χ1n) is 8.67. The van der Waals surface area contributed by atoms with E-state index < -0.39 is 0 Å². The molecule has 0 amide bonds. The number of nitrogens with one attached hydrogen (secondary N) is 1. The van der Waals surface area contributed by atoms with Gasteiger partial charge in [-0.05, 0) is 54.6 Å². The van der Waals surface area contributed by atoms with Crippen LogP contribution in [0.4, 0.5) is 0 Å². The monoisotopic (exact) mass is 360 g/mol. The maximum Gasteiger partial charge on any atom is 0.257 e. The number of aryl methyl sites for hydroxylation is 2. The van der Waals surface area contributed by atoms with Gasteiger partial charge >= 0.3 is 0 Å². The van der Waals surface area contributed by atoms with Gasteiger partial charge in [0, 0.05) is 17.0 Å². The van der Waals surface area contributed by atoms with Crippen molar-refractivity contribution in [2.24, 2.45) is 0 Å². The summed E-state index contributed by atoms with van der Waals surface area (Å²) in [4.78, 5) is 20.4. The Hall–Kier alpha value is -3.34. The van der Waals surface area contributed by atoms with Gasteiger partial charge in [-0.3, -0.25) is 4.79 Å². The first-order valence-corrected chi connectivity index (χ1v) is 8.67. The number of hydrogen-bond donors (Lipinski definition) is 1. The SMILES string of the molecule is COc1cc2nc(-c3cc4ccc(C)cc4[nH]c3=O)cc(C)c2cc1OC. The Balaban J connectivity index is 1.96. The molecule has 4 aromatic rings. The summed E-state index contributed by atoms with van der Waals surface area (Å²) in [6, 6.07) is 13.6. The molecule has 5 heteroatoms. The number of aromatic amines is 1. The summed E-state index contributed by atoms with van der Waals surface area (Å²) in [5.74, 6) is 1.26. The van der Waals surface area contributed by atoms with E-state index >= 15 is 0 Å². The van der Waals surface area contributed by atoms with Crippen molar-refractivity contribution in [2.45, 2.75) is 13.8 Å². The highest BCUT2D eigenvalue weighted by Gasteiger charge is 2.13. The average molecular weight is 360 g/mol. The van der Waals surface area contributed by atoms with Crippen LogP contribution in [0.15, 0.2) is 47.3 Å². The van der Waals surface area contributed by atoms with Crippen LogP contribution < -0.4 is 15.0 Å². The summed E-state index contributed by atoms with van der Waals surface area (Å²) in [5, 5.41) is 1.94. The minimum atomic E-state index is -0.153. The predicted molar refractivity (Wildman–Crippen MR) is 108 cm³/mol. The standard InChI is InChI=1S/C22H20N2O3/c1-12-5-6-14-9-16(22(25)24-17(14)7-12)18-8-13(2)15-10-20(26-3)21(27-4)11-19(15)23-18/h5-11H,1-4H3,(H,24,25). The van der Waals surface area contributed by atoms with Crippen molar-refractivity contribution in [3.63, 3.8) is 0 Å². The molecule has 0 unspecified atom stereocenters. The lowest BCUT2D eigenvalue weighted by Crippen LogP contribution is -2.10. The van der Waals surface area contributed by atoms with Gasteiger partial charge < -0.3 is 14.5 Å². The van der Waals surface area contributed by atoms with E-state index in [0.717, 1.165) is 32.9 Å². The van der Waals surface area contributed by atoms with Crippen LogP contribution >= 0.6 is 0 Å². The van der Waals surface area contributed by atoms with Gasteiger partial charge in [-0.1, -0.05) is 12.1 Å². The maximum absolute atomic E-state index is 12.7. The second-order valence-electron chi connectivity index (χ2n) is 6.65. The number of aromatic nitrogens is 2. The molecule has 0 fully saturated rings. The molecule has 2 aromatic heterocycles. The van der Waals surface area contributed by atoms with Crippen molar-refractivity contribution in [2.75, 3.05) is 14.2 Å². The molecule has 27 heavy (non-hydrogen) atoms. The molecule has 0 aliphatic rings. The molecular weight excluding hydrogens is 340 g/mol. The number of rotatable bonds is 3. The maximum atomic E-state index is 12.7. The van der Waals surface area contributed by atoms with Gasteiger partial charge in [0.05, 0.1) is 31.0 Å². The molecule has 136 valence electrons. The quantitative estimate of drug-likeness (QED) is 0.589. The molecule has 2 heterocycles. The third-order valence-corrected chi connectivity index (χ3v) is 4.80. The van der Waals surface area contributed by atoms with Gasteiger partial charge in [0.25, 0.3) is 5.56 Å². The number of pyridine rings is 2. The summed E-state index contributed by atoms with van der Waals surface area (Å²) in [6.45, 7) is 4.00. The predicted octanol–water partition coefficient (Wildman–Crippen LogP) is 4.38. The zero-order valence-electron chi connectivity index (χ0n) is 15.7. The Morgan fingerprint density at radius 2 is 1.67 bits per heavy atom. The topological polar surface area (TPSA) is 64.2 Å². The number of hydrogen-bond acceptors (Lipinski definition) is 4. The number of fused-ring (bicyclic) bond motifs is 2. The fraction of sp³-hybridized carbons (Fsp3) is 0.182. The smallest absolute Gasteiger partial charge is 0.257 e. The highest BCUT2D eigenvalue weighted by Crippen LogP contribution is 2.34. The zero-order valence-corrected chi connectivity index (χ0v) is 15.7. The minimum Gasteiger partial charge on any atom is -0.493 e. The molecule has 0 spiro atoms. The summed E-state index contributed by atoms with van der Waals surface area (Å²) in [6.07, 6.45) is 0. The second kappa shape index (κ2) is 6.43. The number of ether oxygens (including phenoxy) is 2. The average Bonchev–Trinajstić information content (AvgIpc) is 2.66. The van der Waals surface area contributed by atoms with Gasteiger partial charge in [-0.2, -0.15) is 0 Å². The summed E-state index contributed by atoms with van der Waals surface area (Å²) >= 11 is 0. The molecule has 1 N–H and O–H groups in total. The molecule has 0 saturated carbocycles. The fourth-order valence-electron chi connectivity index (χ4n) is 3.36. The van der Waals surface area contributed by atoms with Crippen LogP contribution in [0.2, 0.25) is 0 Å². The van der Waals surface area contributed by atoms with Crippen LogP contribution in [0.3, 0.4) is 0 Å². The van der Waals surface area contributed by atoms with E-state index in [9.17, 15) is 4.79 Å². The van der Waals surface area contributed by atoms with Gasteiger partial charge in [-0.25, -0.2) is 4.98 Å². The van der Waals surface area contributed by atoms with Gasteiger partial charge in [0.1, 0.15) is 0 Å². The second-order valence-corrected chi connectivity index (χ2v) is 6.65. The normalized spacial score (nSPS) is 11.1. The largest absolute Gasteiger partial charge is 0.493 e. The lowest BCUT2D eigenvalue weighted by atomic mass is 10.0. The van der Waals surface area contributed by atoms with Crippen molar-refractivity contribution < 1.29 is 9.47 Å². The Kier molecular flexibility index (Phi) is 4.07. The van der Waals surface area contributed by atoms with Crippen molar-refractivity contribution in [3.8, 4) is 22.8 Å². The van der Waals surface area contributed by atoms with Gasteiger partial charge in [-0.15, -0.1) is 0 Å². The van der Waals surface area contributed by atoms with Crippen molar-refractivity contribution >= 4 is 21.8 Å².